The Morgan fingerprint density at radius 3 is 2.65 bits per heavy atom. The van der Waals surface area contributed by atoms with Crippen LogP contribution in [0.1, 0.15) is 39.5 Å². The zero-order valence-corrected chi connectivity index (χ0v) is 13.1. The first-order chi connectivity index (χ1) is 9.72. The van der Waals surface area contributed by atoms with Crippen molar-refractivity contribution in [3.8, 4) is 0 Å². The monoisotopic (exact) mass is 296 g/mol. The minimum atomic E-state index is 0.451. The lowest BCUT2D eigenvalue weighted by Crippen LogP contribution is -2.31. The topological polar surface area (TPSA) is 80.0 Å². The van der Waals surface area contributed by atoms with Crippen molar-refractivity contribution in [2.45, 2.75) is 44.7 Å². The van der Waals surface area contributed by atoms with Crippen molar-refractivity contribution < 1.29 is 0 Å². The molecule has 112 valence electrons. The number of hydrogen-bond donors (Lipinski definition) is 2. The van der Waals surface area contributed by atoms with Crippen LogP contribution in [0.3, 0.4) is 0 Å². The molecule has 0 bridgehead atoms. The van der Waals surface area contributed by atoms with Crippen molar-refractivity contribution in [2.75, 3.05) is 29.2 Å². The van der Waals surface area contributed by atoms with Gasteiger partial charge in [0.1, 0.15) is 0 Å². The summed E-state index contributed by atoms with van der Waals surface area (Å²) in [5.41, 5.74) is 2.55. The SMILES string of the molecule is CCC(C)CSc1nc(NN)nc(N2CCCCC2)n1. The minimum Gasteiger partial charge on any atom is -0.341 e. The molecule has 1 aliphatic rings. The number of hydrogen-bond acceptors (Lipinski definition) is 7. The predicted octanol–water partition coefficient (Wildman–Crippen LogP) is 2.29. The summed E-state index contributed by atoms with van der Waals surface area (Å²) in [5.74, 6) is 8.34. The number of nitrogens with one attached hydrogen (secondary N) is 1. The molecule has 20 heavy (non-hydrogen) atoms. The molecule has 0 aromatic carbocycles. The zero-order valence-electron chi connectivity index (χ0n) is 12.3. The van der Waals surface area contributed by atoms with E-state index in [1.54, 1.807) is 11.8 Å². The summed E-state index contributed by atoms with van der Waals surface area (Å²) in [5, 5.41) is 0.758. The summed E-state index contributed by atoms with van der Waals surface area (Å²) in [4.78, 5) is 15.5. The zero-order chi connectivity index (χ0) is 14.4. The van der Waals surface area contributed by atoms with E-state index in [1.165, 1.54) is 25.7 Å². The fraction of sp³-hybridized carbons (Fsp3) is 0.769. The summed E-state index contributed by atoms with van der Waals surface area (Å²) < 4.78 is 0. The smallest absolute Gasteiger partial charge is 0.242 e. The Kier molecular flexibility index (Phi) is 5.85. The van der Waals surface area contributed by atoms with Crippen molar-refractivity contribution in [1.82, 2.24) is 15.0 Å². The molecule has 7 heteroatoms. The van der Waals surface area contributed by atoms with E-state index in [4.69, 9.17) is 5.84 Å². The van der Waals surface area contributed by atoms with Gasteiger partial charge in [0.15, 0.2) is 5.16 Å². The number of aromatic nitrogens is 3. The maximum Gasteiger partial charge on any atom is 0.242 e. The van der Waals surface area contributed by atoms with Gasteiger partial charge in [0, 0.05) is 18.8 Å². The van der Waals surface area contributed by atoms with Crippen molar-refractivity contribution in [1.29, 1.82) is 0 Å². The molecule has 0 saturated carbocycles. The number of nitrogens with two attached hydrogens (primary N) is 1. The van der Waals surface area contributed by atoms with Gasteiger partial charge < -0.3 is 4.90 Å². The van der Waals surface area contributed by atoms with Gasteiger partial charge in [-0.25, -0.2) is 5.84 Å². The first-order valence-corrected chi connectivity index (χ1v) is 8.32. The highest BCUT2D eigenvalue weighted by molar-refractivity contribution is 7.99. The number of anilines is 2. The molecule has 1 unspecified atom stereocenters. The molecule has 1 saturated heterocycles. The molecule has 2 heterocycles. The molecule has 6 nitrogen and oxygen atoms in total. The van der Waals surface area contributed by atoms with Crippen molar-refractivity contribution in [3.63, 3.8) is 0 Å². The second kappa shape index (κ2) is 7.64. The fourth-order valence-corrected chi connectivity index (χ4v) is 3.01. The first kappa shape index (κ1) is 15.3. The van der Waals surface area contributed by atoms with Gasteiger partial charge in [-0.15, -0.1) is 0 Å². The van der Waals surface area contributed by atoms with Gasteiger partial charge in [-0.3, -0.25) is 5.43 Å². The van der Waals surface area contributed by atoms with Gasteiger partial charge in [-0.2, -0.15) is 15.0 Å². The van der Waals surface area contributed by atoms with Gasteiger partial charge in [0.25, 0.3) is 0 Å². The number of hydrazine groups is 1. The molecular formula is C13H24N6S. The summed E-state index contributed by atoms with van der Waals surface area (Å²) in [7, 11) is 0. The highest BCUT2D eigenvalue weighted by atomic mass is 32.2. The maximum atomic E-state index is 5.47. The van der Waals surface area contributed by atoms with Crippen molar-refractivity contribution in [3.05, 3.63) is 0 Å². The Balaban J connectivity index is 2.10. The molecule has 1 aromatic rings. The van der Waals surface area contributed by atoms with Crippen LogP contribution in [0, 0.1) is 5.92 Å². The molecule has 1 atom stereocenters. The first-order valence-electron chi connectivity index (χ1n) is 7.33. The number of piperidine rings is 1. The quantitative estimate of drug-likeness (QED) is 0.473. The number of rotatable bonds is 6. The molecule has 2 rings (SSSR count). The van der Waals surface area contributed by atoms with Crippen LogP contribution in [0.2, 0.25) is 0 Å². The van der Waals surface area contributed by atoms with E-state index >= 15 is 0 Å². The standard InChI is InChI=1S/C13H24N6S/c1-3-10(2)9-20-13-16-11(18-14)15-12(17-13)19-7-5-4-6-8-19/h10H,3-9,14H2,1-2H3,(H,15,16,17,18). The molecule has 0 amide bonds. The van der Waals surface area contributed by atoms with Crippen LogP contribution in [-0.2, 0) is 0 Å². The Labute approximate surface area is 124 Å². The number of nitrogen functional groups attached to an aromatic ring is 1. The highest BCUT2D eigenvalue weighted by Crippen LogP contribution is 2.23. The van der Waals surface area contributed by atoms with Gasteiger partial charge in [-0.1, -0.05) is 32.0 Å². The predicted molar refractivity (Wildman–Crippen MR) is 83.9 cm³/mol. The van der Waals surface area contributed by atoms with Gasteiger partial charge in [0.2, 0.25) is 11.9 Å². The average Bonchev–Trinajstić information content (AvgIpc) is 2.53. The third-order valence-electron chi connectivity index (χ3n) is 3.56. The van der Waals surface area contributed by atoms with E-state index < -0.39 is 0 Å². The van der Waals surface area contributed by atoms with E-state index in [0.29, 0.717) is 11.9 Å². The molecule has 1 aliphatic heterocycles. The van der Waals surface area contributed by atoms with E-state index in [9.17, 15) is 0 Å². The highest BCUT2D eigenvalue weighted by Gasteiger charge is 2.16. The van der Waals surface area contributed by atoms with Crippen LogP contribution < -0.4 is 16.2 Å². The summed E-state index contributed by atoms with van der Waals surface area (Å²) in [6.45, 7) is 6.47. The van der Waals surface area contributed by atoms with Crippen LogP contribution in [-0.4, -0.2) is 33.8 Å². The average molecular weight is 296 g/mol. The van der Waals surface area contributed by atoms with Crippen LogP contribution >= 0.6 is 11.8 Å². The molecule has 1 fully saturated rings. The third-order valence-corrected chi connectivity index (χ3v) is 4.74. The molecule has 0 aliphatic carbocycles. The Hall–Kier alpha value is -1.08. The molecular weight excluding hydrogens is 272 g/mol. The molecule has 0 radical (unpaired) electrons. The summed E-state index contributed by atoms with van der Waals surface area (Å²) >= 11 is 1.68. The lowest BCUT2D eigenvalue weighted by Gasteiger charge is -2.26. The summed E-state index contributed by atoms with van der Waals surface area (Å²) in [6, 6.07) is 0. The van der Waals surface area contributed by atoms with E-state index in [-0.39, 0.29) is 0 Å². The lowest BCUT2D eigenvalue weighted by molar-refractivity contribution is 0.565. The normalized spacial score (nSPS) is 17.1. The van der Waals surface area contributed by atoms with E-state index in [1.807, 2.05) is 0 Å². The molecule has 0 spiro atoms. The summed E-state index contributed by atoms with van der Waals surface area (Å²) in [6.07, 6.45) is 4.86. The second-order valence-corrected chi connectivity index (χ2v) is 6.25. The Morgan fingerprint density at radius 1 is 1.25 bits per heavy atom. The maximum absolute atomic E-state index is 5.47. The minimum absolute atomic E-state index is 0.451. The van der Waals surface area contributed by atoms with Crippen molar-refractivity contribution in [2.24, 2.45) is 11.8 Å². The van der Waals surface area contributed by atoms with Gasteiger partial charge >= 0.3 is 0 Å². The fourth-order valence-electron chi connectivity index (χ4n) is 2.04. The molecule has 1 aromatic heterocycles. The number of nitrogens with zero attached hydrogens (tertiary/aromatic N) is 4. The van der Waals surface area contributed by atoms with E-state index in [2.05, 4.69) is 39.1 Å². The Bertz CT molecular complexity index is 421. The Morgan fingerprint density at radius 2 is 2.00 bits per heavy atom. The van der Waals surface area contributed by atoms with Gasteiger partial charge in [0.05, 0.1) is 0 Å². The number of thioether (sulfide) groups is 1. The molecule has 3 N–H and O–H groups in total. The van der Waals surface area contributed by atoms with Crippen LogP contribution in [0.4, 0.5) is 11.9 Å². The second-order valence-electron chi connectivity index (χ2n) is 5.26. The lowest BCUT2D eigenvalue weighted by atomic mass is 10.1. The van der Waals surface area contributed by atoms with E-state index in [0.717, 1.165) is 29.9 Å². The third kappa shape index (κ3) is 4.21. The van der Waals surface area contributed by atoms with Crippen LogP contribution in [0.15, 0.2) is 5.16 Å². The van der Waals surface area contributed by atoms with Crippen LogP contribution in [0.5, 0.6) is 0 Å². The van der Waals surface area contributed by atoms with Crippen molar-refractivity contribution >= 4 is 23.7 Å². The van der Waals surface area contributed by atoms with Crippen LogP contribution in [0.25, 0.3) is 0 Å². The van der Waals surface area contributed by atoms with Gasteiger partial charge in [-0.05, 0) is 25.2 Å². The largest absolute Gasteiger partial charge is 0.341 e.